The van der Waals surface area contributed by atoms with Gasteiger partial charge in [0.25, 0.3) is 0 Å². The molecule has 1 aliphatic heterocycles. The fourth-order valence-corrected chi connectivity index (χ4v) is 2.74. The number of fused-ring (bicyclic) bond motifs is 1. The van der Waals surface area contributed by atoms with Gasteiger partial charge in [-0.2, -0.15) is 5.10 Å². The van der Waals surface area contributed by atoms with E-state index in [9.17, 15) is 9.59 Å². The minimum atomic E-state index is -0.157. The zero-order valence-electron chi connectivity index (χ0n) is 13.5. The number of nitrogens with zero attached hydrogens (tertiary/aromatic N) is 4. The molecule has 0 saturated carbocycles. The first-order valence-corrected chi connectivity index (χ1v) is 8.26. The van der Waals surface area contributed by atoms with Crippen LogP contribution in [0.4, 0.5) is 0 Å². The van der Waals surface area contributed by atoms with Crippen LogP contribution in [-0.4, -0.2) is 31.8 Å². The van der Waals surface area contributed by atoms with Crippen molar-refractivity contribution >= 4 is 12.0 Å². The van der Waals surface area contributed by atoms with Crippen molar-refractivity contribution in [3.63, 3.8) is 0 Å². The Balaban J connectivity index is 1.44. The smallest absolute Gasteiger partial charge is 0.345 e. The summed E-state index contributed by atoms with van der Waals surface area (Å²) in [5.41, 5.74) is 0.843. The van der Waals surface area contributed by atoms with Crippen LogP contribution in [0.5, 0.6) is 0 Å². The Labute approximate surface area is 140 Å². The molecular formula is C17H21N5O2. The van der Waals surface area contributed by atoms with Gasteiger partial charge in [0, 0.05) is 44.5 Å². The summed E-state index contributed by atoms with van der Waals surface area (Å²) >= 11 is 0. The van der Waals surface area contributed by atoms with Crippen molar-refractivity contribution in [1.82, 2.24) is 24.6 Å². The van der Waals surface area contributed by atoms with E-state index in [0.717, 1.165) is 37.2 Å². The second kappa shape index (κ2) is 7.72. The topological polar surface area (TPSA) is 81.8 Å². The Morgan fingerprint density at radius 2 is 2.29 bits per heavy atom. The predicted molar refractivity (Wildman–Crippen MR) is 90.3 cm³/mol. The maximum Gasteiger partial charge on any atom is 0.345 e. The molecule has 0 radical (unpaired) electrons. The SMILES string of the molecule is O=C(/C=C\c1cccnc1)NCCCn1nc2n(c1=O)CCCC2. The summed E-state index contributed by atoms with van der Waals surface area (Å²) in [5.74, 6) is 0.727. The van der Waals surface area contributed by atoms with Crippen LogP contribution >= 0.6 is 0 Å². The Morgan fingerprint density at radius 1 is 1.38 bits per heavy atom. The molecule has 0 bridgehead atoms. The summed E-state index contributed by atoms with van der Waals surface area (Å²) < 4.78 is 3.27. The second-order valence-electron chi connectivity index (χ2n) is 5.79. The van der Waals surface area contributed by atoms with Gasteiger partial charge < -0.3 is 5.32 Å². The van der Waals surface area contributed by atoms with Crippen LogP contribution in [0.3, 0.4) is 0 Å². The molecule has 126 valence electrons. The molecule has 2 aromatic heterocycles. The number of pyridine rings is 1. The highest BCUT2D eigenvalue weighted by Crippen LogP contribution is 2.09. The van der Waals surface area contributed by atoms with Crippen LogP contribution < -0.4 is 11.0 Å². The predicted octanol–water partition coefficient (Wildman–Crippen LogP) is 0.996. The lowest BCUT2D eigenvalue weighted by atomic mass is 10.2. The molecule has 3 heterocycles. The maximum absolute atomic E-state index is 12.2. The van der Waals surface area contributed by atoms with Gasteiger partial charge in [0.05, 0.1) is 0 Å². The Morgan fingerprint density at radius 3 is 3.08 bits per heavy atom. The van der Waals surface area contributed by atoms with E-state index in [1.165, 1.54) is 10.8 Å². The number of aryl methyl sites for hydroxylation is 2. The summed E-state index contributed by atoms with van der Waals surface area (Å²) in [6.07, 6.45) is 10.3. The summed E-state index contributed by atoms with van der Waals surface area (Å²) in [6, 6.07) is 3.70. The van der Waals surface area contributed by atoms with Gasteiger partial charge in [0.1, 0.15) is 5.82 Å². The van der Waals surface area contributed by atoms with E-state index in [0.29, 0.717) is 19.5 Å². The van der Waals surface area contributed by atoms with Crippen molar-refractivity contribution in [3.8, 4) is 0 Å². The van der Waals surface area contributed by atoms with E-state index in [1.807, 2.05) is 12.1 Å². The highest BCUT2D eigenvalue weighted by Gasteiger charge is 2.16. The van der Waals surface area contributed by atoms with Crippen molar-refractivity contribution in [1.29, 1.82) is 0 Å². The van der Waals surface area contributed by atoms with Crippen LogP contribution in [0, 0.1) is 0 Å². The lowest BCUT2D eigenvalue weighted by molar-refractivity contribution is -0.116. The van der Waals surface area contributed by atoms with Gasteiger partial charge in [-0.3, -0.25) is 14.3 Å². The number of aromatic nitrogens is 4. The summed E-state index contributed by atoms with van der Waals surface area (Å²) in [5, 5.41) is 7.18. The van der Waals surface area contributed by atoms with Gasteiger partial charge >= 0.3 is 5.69 Å². The van der Waals surface area contributed by atoms with Crippen LogP contribution in [-0.2, 0) is 24.3 Å². The molecule has 1 aliphatic rings. The van der Waals surface area contributed by atoms with Crippen molar-refractivity contribution < 1.29 is 4.79 Å². The van der Waals surface area contributed by atoms with Gasteiger partial charge in [0.15, 0.2) is 0 Å². The highest BCUT2D eigenvalue weighted by atomic mass is 16.2. The normalized spacial score (nSPS) is 13.8. The van der Waals surface area contributed by atoms with Crippen molar-refractivity contribution in [2.45, 2.75) is 38.8 Å². The number of nitrogens with one attached hydrogen (secondary N) is 1. The summed E-state index contributed by atoms with van der Waals surface area (Å²) in [7, 11) is 0. The number of hydrogen-bond donors (Lipinski definition) is 1. The van der Waals surface area contributed by atoms with Gasteiger partial charge in [-0.1, -0.05) is 6.07 Å². The number of rotatable bonds is 6. The van der Waals surface area contributed by atoms with Gasteiger partial charge in [-0.15, -0.1) is 0 Å². The molecule has 0 fully saturated rings. The van der Waals surface area contributed by atoms with E-state index in [2.05, 4.69) is 15.4 Å². The van der Waals surface area contributed by atoms with Crippen molar-refractivity contribution in [2.75, 3.05) is 6.54 Å². The summed E-state index contributed by atoms with van der Waals surface area (Å²) in [4.78, 5) is 27.9. The number of hydrogen-bond acceptors (Lipinski definition) is 4. The Hall–Kier alpha value is -2.70. The number of amides is 1. The third kappa shape index (κ3) is 3.98. The first-order valence-electron chi connectivity index (χ1n) is 8.26. The van der Waals surface area contributed by atoms with Crippen molar-refractivity contribution in [3.05, 3.63) is 52.5 Å². The van der Waals surface area contributed by atoms with E-state index in [4.69, 9.17) is 0 Å². The average molecular weight is 327 g/mol. The largest absolute Gasteiger partial charge is 0.352 e. The van der Waals surface area contributed by atoms with E-state index in [1.54, 1.807) is 23.0 Å². The minimum Gasteiger partial charge on any atom is -0.352 e. The molecule has 1 N–H and O–H groups in total. The first kappa shape index (κ1) is 16.2. The lowest BCUT2D eigenvalue weighted by Crippen LogP contribution is -2.28. The molecule has 2 aromatic rings. The van der Waals surface area contributed by atoms with E-state index >= 15 is 0 Å². The molecule has 0 atom stereocenters. The molecule has 0 aromatic carbocycles. The molecule has 1 amide bonds. The van der Waals surface area contributed by atoms with Crippen LogP contribution in [0.1, 0.15) is 30.7 Å². The molecule has 24 heavy (non-hydrogen) atoms. The number of carbonyl (C=O) groups excluding carboxylic acids is 1. The number of carbonyl (C=O) groups is 1. The van der Waals surface area contributed by atoms with E-state index in [-0.39, 0.29) is 11.6 Å². The standard InChI is InChI=1S/C17H21N5O2/c23-16(8-7-14-5-3-9-18-13-14)19-10-4-12-22-17(24)21-11-2-1-6-15(21)20-22/h3,5,7-9,13H,1-2,4,6,10-12H2,(H,19,23)/b8-7-. The van der Waals surface area contributed by atoms with Crippen LogP contribution in [0.15, 0.2) is 35.4 Å². The molecular weight excluding hydrogens is 306 g/mol. The fourth-order valence-electron chi connectivity index (χ4n) is 2.74. The average Bonchev–Trinajstić information content (AvgIpc) is 2.94. The quantitative estimate of drug-likeness (QED) is 0.634. The monoisotopic (exact) mass is 327 g/mol. The van der Waals surface area contributed by atoms with Gasteiger partial charge in [-0.05, 0) is 37.0 Å². The summed E-state index contributed by atoms with van der Waals surface area (Å²) in [6.45, 7) is 1.79. The molecule has 0 spiro atoms. The van der Waals surface area contributed by atoms with Gasteiger partial charge in [-0.25, -0.2) is 9.48 Å². The van der Waals surface area contributed by atoms with Crippen molar-refractivity contribution in [2.24, 2.45) is 0 Å². The van der Waals surface area contributed by atoms with Gasteiger partial charge in [0.2, 0.25) is 5.91 Å². The maximum atomic E-state index is 12.2. The first-order chi connectivity index (χ1) is 11.7. The Bertz CT molecular complexity index is 776. The molecule has 0 saturated heterocycles. The Kier molecular flexibility index (Phi) is 5.20. The van der Waals surface area contributed by atoms with E-state index < -0.39 is 0 Å². The third-order valence-corrected chi connectivity index (χ3v) is 3.99. The highest BCUT2D eigenvalue weighted by molar-refractivity contribution is 5.91. The zero-order valence-corrected chi connectivity index (χ0v) is 13.5. The van der Waals surface area contributed by atoms with Crippen LogP contribution in [0.25, 0.3) is 6.08 Å². The molecule has 0 aliphatic carbocycles. The second-order valence-corrected chi connectivity index (χ2v) is 5.79. The van der Waals surface area contributed by atoms with Crippen LogP contribution in [0.2, 0.25) is 0 Å². The molecule has 3 rings (SSSR count). The molecule has 0 unspecified atom stereocenters. The zero-order chi connectivity index (χ0) is 16.8. The minimum absolute atomic E-state index is 0.0347. The fraction of sp³-hybridized carbons (Fsp3) is 0.412. The lowest BCUT2D eigenvalue weighted by Gasteiger charge is -2.09. The molecule has 7 heteroatoms. The molecule has 7 nitrogen and oxygen atoms in total. The third-order valence-electron chi connectivity index (χ3n) is 3.99.